The van der Waals surface area contributed by atoms with Crippen molar-refractivity contribution in [2.24, 2.45) is 0 Å². The molecule has 0 N–H and O–H groups in total. The van der Waals surface area contributed by atoms with Crippen molar-refractivity contribution in [1.82, 2.24) is 9.96 Å². The molecule has 0 aliphatic carbocycles. The zero-order valence-corrected chi connectivity index (χ0v) is 13.1. The first kappa shape index (κ1) is 16.2. The summed E-state index contributed by atoms with van der Waals surface area (Å²) in [5.41, 5.74) is -0.438. The lowest BCUT2D eigenvalue weighted by Gasteiger charge is -2.31. The molecule has 2 atom stereocenters. The topological polar surface area (TPSA) is 42.0 Å². The van der Waals surface area contributed by atoms with Crippen molar-refractivity contribution in [2.75, 3.05) is 20.2 Å². The van der Waals surface area contributed by atoms with E-state index in [9.17, 15) is 4.79 Å². The Morgan fingerprint density at radius 3 is 2.58 bits per heavy atom. The molecule has 1 aliphatic heterocycles. The van der Waals surface area contributed by atoms with Crippen LogP contribution in [-0.2, 0) is 9.57 Å². The monoisotopic (exact) mass is 272 g/mol. The molecular weight excluding hydrogens is 244 g/mol. The molecule has 19 heavy (non-hydrogen) atoms. The van der Waals surface area contributed by atoms with Crippen LogP contribution in [0.1, 0.15) is 47.5 Å². The summed E-state index contributed by atoms with van der Waals surface area (Å²) in [6.45, 7) is 11.3. The van der Waals surface area contributed by atoms with E-state index in [1.54, 1.807) is 12.0 Å². The van der Waals surface area contributed by atoms with Gasteiger partial charge in [0.05, 0.1) is 13.2 Å². The van der Waals surface area contributed by atoms with Gasteiger partial charge < -0.3 is 14.5 Å². The fourth-order valence-electron chi connectivity index (χ4n) is 2.31. The SMILES string of the molecule is CCC(C)N(OC)C1CCN(C(=O)OC(C)(C)C)C1. The van der Waals surface area contributed by atoms with E-state index in [1.165, 1.54) is 0 Å². The van der Waals surface area contributed by atoms with Crippen LogP contribution in [0.5, 0.6) is 0 Å². The third-order valence-corrected chi connectivity index (χ3v) is 3.41. The number of likely N-dealkylation sites (tertiary alicyclic amines) is 1. The minimum atomic E-state index is -0.438. The van der Waals surface area contributed by atoms with E-state index >= 15 is 0 Å². The molecule has 0 bridgehead atoms. The minimum absolute atomic E-state index is 0.227. The van der Waals surface area contributed by atoms with Gasteiger partial charge in [-0.05, 0) is 40.5 Å². The predicted molar refractivity (Wildman–Crippen MR) is 74.8 cm³/mol. The maximum atomic E-state index is 12.0. The first-order chi connectivity index (χ1) is 8.78. The Morgan fingerprint density at radius 1 is 1.47 bits per heavy atom. The summed E-state index contributed by atoms with van der Waals surface area (Å²) in [5, 5.41) is 2.00. The number of amides is 1. The quantitative estimate of drug-likeness (QED) is 0.738. The van der Waals surface area contributed by atoms with Crippen molar-refractivity contribution in [2.45, 2.75) is 65.1 Å². The number of rotatable bonds is 4. The van der Waals surface area contributed by atoms with E-state index in [0.29, 0.717) is 12.6 Å². The van der Waals surface area contributed by atoms with Crippen molar-refractivity contribution in [3.05, 3.63) is 0 Å². The molecule has 1 fully saturated rings. The highest BCUT2D eigenvalue weighted by Crippen LogP contribution is 2.21. The predicted octanol–water partition coefficient (Wildman–Crippen LogP) is 2.66. The molecular formula is C14H28N2O3. The van der Waals surface area contributed by atoms with E-state index in [1.807, 2.05) is 25.8 Å². The third kappa shape index (κ3) is 4.66. The van der Waals surface area contributed by atoms with Crippen molar-refractivity contribution in [3.63, 3.8) is 0 Å². The lowest BCUT2D eigenvalue weighted by atomic mass is 10.2. The Labute approximate surface area is 116 Å². The van der Waals surface area contributed by atoms with Crippen LogP contribution < -0.4 is 0 Å². The molecule has 112 valence electrons. The molecule has 0 aromatic rings. The normalized spacial score (nSPS) is 21.8. The number of hydrogen-bond donors (Lipinski definition) is 0. The lowest BCUT2D eigenvalue weighted by Crippen LogP contribution is -2.43. The Bertz CT molecular complexity index is 302. The summed E-state index contributed by atoms with van der Waals surface area (Å²) in [6.07, 6.45) is 1.73. The van der Waals surface area contributed by atoms with Crippen LogP contribution in [0.4, 0.5) is 4.79 Å². The van der Waals surface area contributed by atoms with Crippen LogP contribution in [-0.4, -0.2) is 53.9 Å². The number of ether oxygens (including phenoxy) is 1. The maximum Gasteiger partial charge on any atom is 0.410 e. The second kappa shape index (κ2) is 6.57. The number of carbonyl (C=O) groups is 1. The van der Waals surface area contributed by atoms with E-state index in [-0.39, 0.29) is 12.1 Å². The van der Waals surface area contributed by atoms with E-state index in [4.69, 9.17) is 9.57 Å². The number of carbonyl (C=O) groups excluding carboxylic acids is 1. The molecule has 1 amide bonds. The van der Waals surface area contributed by atoms with E-state index in [2.05, 4.69) is 13.8 Å². The van der Waals surface area contributed by atoms with Crippen LogP contribution in [0, 0.1) is 0 Å². The highest BCUT2D eigenvalue weighted by Gasteiger charge is 2.34. The second-order valence-corrected chi connectivity index (χ2v) is 6.17. The first-order valence-corrected chi connectivity index (χ1v) is 7.08. The van der Waals surface area contributed by atoms with Gasteiger partial charge in [-0.3, -0.25) is 0 Å². The first-order valence-electron chi connectivity index (χ1n) is 7.08. The van der Waals surface area contributed by atoms with Gasteiger partial charge in [0.25, 0.3) is 0 Å². The average Bonchev–Trinajstić information content (AvgIpc) is 2.77. The third-order valence-electron chi connectivity index (χ3n) is 3.41. The van der Waals surface area contributed by atoms with Crippen LogP contribution in [0.3, 0.4) is 0 Å². The molecule has 2 unspecified atom stereocenters. The van der Waals surface area contributed by atoms with E-state index in [0.717, 1.165) is 19.4 Å². The Hall–Kier alpha value is -0.810. The molecule has 0 aromatic carbocycles. The van der Waals surface area contributed by atoms with Crippen molar-refractivity contribution in [1.29, 1.82) is 0 Å². The van der Waals surface area contributed by atoms with Gasteiger partial charge in [-0.2, -0.15) is 5.06 Å². The lowest BCUT2D eigenvalue weighted by molar-refractivity contribution is -0.184. The van der Waals surface area contributed by atoms with Gasteiger partial charge >= 0.3 is 6.09 Å². The van der Waals surface area contributed by atoms with Crippen molar-refractivity contribution in [3.8, 4) is 0 Å². The fourth-order valence-corrected chi connectivity index (χ4v) is 2.31. The Kier molecular flexibility index (Phi) is 5.62. The zero-order valence-electron chi connectivity index (χ0n) is 13.1. The molecule has 0 spiro atoms. The van der Waals surface area contributed by atoms with Gasteiger partial charge in [0.1, 0.15) is 5.60 Å². The standard InChI is InChI=1S/C14H28N2O3/c1-7-11(2)16(18-6)12-8-9-15(10-12)13(17)19-14(3,4)5/h11-12H,7-10H2,1-6H3. The van der Waals surface area contributed by atoms with Crippen LogP contribution in [0.2, 0.25) is 0 Å². The second-order valence-electron chi connectivity index (χ2n) is 6.17. The fraction of sp³-hybridized carbons (Fsp3) is 0.929. The van der Waals surface area contributed by atoms with Gasteiger partial charge in [-0.1, -0.05) is 6.92 Å². The summed E-state index contributed by atoms with van der Waals surface area (Å²) in [7, 11) is 1.70. The Balaban J connectivity index is 2.55. The molecule has 5 heteroatoms. The van der Waals surface area contributed by atoms with Crippen LogP contribution in [0.15, 0.2) is 0 Å². The zero-order chi connectivity index (χ0) is 14.6. The Morgan fingerprint density at radius 2 is 2.11 bits per heavy atom. The van der Waals surface area contributed by atoms with Crippen molar-refractivity contribution < 1.29 is 14.4 Å². The largest absolute Gasteiger partial charge is 0.444 e. The summed E-state index contributed by atoms with van der Waals surface area (Å²) in [4.78, 5) is 19.2. The van der Waals surface area contributed by atoms with Crippen LogP contribution >= 0.6 is 0 Å². The molecule has 0 aromatic heterocycles. The highest BCUT2D eigenvalue weighted by molar-refractivity contribution is 5.68. The summed E-state index contributed by atoms with van der Waals surface area (Å²) < 4.78 is 5.40. The van der Waals surface area contributed by atoms with Crippen molar-refractivity contribution >= 4 is 6.09 Å². The molecule has 1 rings (SSSR count). The number of nitrogens with zero attached hydrogens (tertiary/aromatic N) is 2. The summed E-state index contributed by atoms with van der Waals surface area (Å²) in [6, 6.07) is 0.612. The molecule has 1 heterocycles. The number of hydrogen-bond acceptors (Lipinski definition) is 4. The average molecular weight is 272 g/mol. The summed E-state index contributed by atoms with van der Waals surface area (Å²) in [5.74, 6) is 0. The van der Waals surface area contributed by atoms with Gasteiger partial charge in [0.2, 0.25) is 0 Å². The van der Waals surface area contributed by atoms with Gasteiger partial charge in [-0.25, -0.2) is 4.79 Å². The van der Waals surface area contributed by atoms with Gasteiger partial charge in [-0.15, -0.1) is 0 Å². The minimum Gasteiger partial charge on any atom is -0.444 e. The maximum absolute atomic E-state index is 12.0. The molecule has 1 saturated heterocycles. The highest BCUT2D eigenvalue weighted by atomic mass is 16.7. The summed E-state index contributed by atoms with van der Waals surface area (Å²) >= 11 is 0. The van der Waals surface area contributed by atoms with Gasteiger partial charge in [0.15, 0.2) is 0 Å². The van der Waals surface area contributed by atoms with E-state index < -0.39 is 5.60 Å². The molecule has 0 radical (unpaired) electrons. The molecule has 0 saturated carbocycles. The molecule has 1 aliphatic rings. The van der Waals surface area contributed by atoms with Crippen LogP contribution in [0.25, 0.3) is 0 Å². The smallest absolute Gasteiger partial charge is 0.410 e. The molecule has 5 nitrogen and oxygen atoms in total. The van der Waals surface area contributed by atoms with Gasteiger partial charge in [0, 0.05) is 19.1 Å². The number of hydroxylamine groups is 2.